The molecule has 0 spiro atoms. The molecule has 0 saturated carbocycles. The summed E-state index contributed by atoms with van der Waals surface area (Å²) in [6.45, 7) is 5.64. The second-order valence-corrected chi connectivity index (χ2v) is 4.29. The summed E-state index contributed by atoms with van der Waals surface area (Å²) < 4.78 is 15.1. The molecule has 0 aromatic heterocycles. The van der Waals surface area contributed by atoms with Gasteiger partial charge in [-0.15, -0.1) is 24.0 Å². The van der Waals surface area contributed by atoms with Crippen molar-refractivity contribution in [3.05, 3.63) is 0 Å². The summed E-state index contributed by atoms with van der Waals surface area (Å²) in [6.07, 6.45) is 2.04. The maximum absolute atomic E-state index is 11.2. The van der Waals surface area contributed by atoms with Crippen LogP contribution in [0.3, 0.4) is 0 Å². The van der Waals surface area contributed by atoms with Gasteiger partial charge in [0.05, 0.1) is 19.8 Å². The van der Waals surface area contributed by atoms with Crippen molar-refractivity contribution in [2.45, 2.75) is 26.2 Å². The number of rotatable bonds is 12. The number of nitrogens with one attached hydrogen (secondary N) is 2. The van der Waals surface area contributed by atoms with Crippen LogP contribution in [0.25, 0.3) is 0 Å². The first-order valence-electron chi connectivity index (χ1n) is 7.41. The van der Waals surface area contributed by atoms with Crippen molar-refractivity contribution in [3.8, 4) is 0 Å². The number of hydrogen-bond donors (Lipinski definition) is 2. The van der Waals surface area contributed by atoms with Crippen LogP contribution in [0.15, 0.2) is 4.99 Å². The summed E-state index contributed by atoms with van der Waals surface area (Å²) in [7, 11) is 3.37. The van der Waals surface area contributed by atoms with Gasteiger partial charge in [-0.3, -0.25) is 9.79 Å². The van der Waals surface area contributed by atoms with Crippen molar-refractivity contribution in [1.82, 2.24) is 10.6 Å². The Morgan fingerprint density at radius 3 is 2.36 bits per heavy atom. The minimum Gasteiger partial charge on any atom is -0.466 e. The maximum atomic E-state index is 11.2. The largest absolute Gasteiger partial charge is 0.466 e. The summed E-state index contributed by atoms with van der Waals surface area (Å²) in [5.74, 6) is 0.575. The van der Waals surface area contributed by atoms with E-state index in [1.54, 1.807) is 21.1 Å². The van der Waals surface area contributed by atoms with Gasteiger partial charge in [-0.1, -0.05) is 0 Å². The van der Waals surface area contributed by atoms with Gasteiger partial charge in [-0.2, -0.15) is 0 Å². The molecule has 7 nitrogen and oxygen atoms in total. The Bertz CT molecular complexity index is 291. The second kappa shape index (κ2) is 18.4. The quantitative estimate of drug-likeness (QED) is 0.159. The molecule has 8 heteroatoms. The van der Waals surface area contributed by atoms with Crippen LogP contribution in [0.1, 0.15) is 26.2 Å². The number of methoxy groups -OCH3 is 1. The Kier molecular flexibility index (Phi) is 19.8. The zero-order valence-corrected chi connectivity index (χ0v) is 16.2. The topological polar surface area (TPSA) is 81.2 Å². The summed E-state index contributed by atoms with van der Waals surface area (Å²) >= 11 is 0. The normalized spacial score (nSPS) is 10.8. The lowest BCUT2D eigenvalue weighted by Crippen LogP contribution is -2.38. The molecule has 0 amide bonds. The first kappa shape index (κ1) is 23.7. The fraction of sp³-hybridized carbons (Fsp3) is 0.857. The SMILES string of the molecule is CCOC(=O)CCCNC(=NC)NCCCOCCOC.I. The van der Waals surface area contributed by atoms with Crippen LogP contribution in [-0.2, 0) is 19.0 Å². The molecule has 2 N–H and O–H groups in total. The standard InChI is InChI=1S/C14H29N3O4.HI/c1-4-21-13(18)7-5-8-16-14(15-2)17-9-6-10-20-12-11-19-3;/h4-12H2,1-3H3,(H2,15,16,17);1H. The van der Waals surface area contributed by atoms with E-state index in [9.17, 15) is 4.79 Å². The molecule has 0 bridgehead atoms. The average Bonchev–Trinajstić information content (AvgIpc) is 2.48. The predicted octanol–water partition coefficient (Wildman–Crippen LogP) is 1.17. The molecule has 0 aliphatic rings. The Morgan fingerprint density at radius 2 is 1.77 bits per heavy atom. The average molecular weight is 431 g/mol. The zero-order valence-electron chi connectivity index (χ0n) is 13.9. The summed E-state index contributed by atoms with van der Waals surface area (Å²) in [6, 6.07) is 0. The molecule has 0 aromatic carbocycles. The molecule has 0 fully saturated rings. The van der Waals surface area contributed by atoms with Crippen molar-refractivity contribution >= 4 is 35.9 Å². The predicted molar refractivity (Wildman–Crippen MR) is 98.0 cm³/mol. The van der Waals surface area contributed by atoms with E-state index >= 15 is 0 Å². The molecule has 0 radical (unpaired) electrons. The van der Waals surface area contributed by atoms with Crippen LogP contribution in [-0.4, -0.2) is 65.6 Å². The molecule has 0 aromatic rings. The smallest absolute Gasteiger partial charge is 0.305 e. The van der Waals surface area contributed by atoms with Gasteiger partial charge in [0, 0.05) is 40.3 Å². The number of nitrogens with zero attached hydrogens (tertiary/aromatic N) is 1. The number of carbonyl (C=O) groups excluding carboxylic acids is 1. The van der Waals surface area contributed by atoms with Crippen molar-refractivity contribution in [1.29, 1.82) is 0 Å². The van der Waals surface area contributed by atoms with E-state index in [0.29, 0.717) is 39.4 Å². The lowest BCUT2D eigenvalue weighted by Gasteiger charge is -2.11. The maximum Gasteiger partial charge on any atom is 0.305 e. The van der Waals surface area contributed by atoms with Crippen LogP contribution in [0.4, 0.5) is 0 Å². The number of ether oxygens (including phenoxy) is 3. The van der Waals surface area contributed by atoms with E-state index in [4.69, 9.17) is 14.2 Å². The van der Waals surface area contributed by atoms with E-state index in [-0.39, 0.29) is 29.9 Å². The number of hydrogen-bond acceptors (Lipinski definition) is 5. The van der Waals surface area contributed by atoms with Gasteiger partial charge in [-0.05, 0) is 19.8 Å². The Hall–Kier alpha value is -0.610. The third-order valence-electron chi connectivity index (χ3n) is 2.57. The van der Waals surface area contributed by atoms with Gasteiger partial charge in [0.1, 0.15) is 0 Å². The molecule has 0 rings (SSSR count). The van der Waals surface area contributed by atoms with Gasteiger partial charge >= 0.3 is 5.97 Å². The first-order valence-corrected chi connectivity index (χ1v) is 7.41. The number of aliphatic imine (C=N–C) groups is 1. The zero-order chi connectivity index (χ0) is 15.8. The van der Waals surface area contributed by atoms with Crippen molar-refractivity contribution < 1.29 is 19.0 Å². The number of esters is 1. The summed E-state index contributed by atoms with van der Waals surface area (Å²) in [5.41, 5.74) is 0. The van der Waals surface area contributed by atoms with Crippen LogP contribution >= 0.6 is 24.0 Å². The molecule has 0 heterocycles. The van der Waals surface area contributed by atoms with Gasteiger partial charge in [-0.25, -0.2) is 0 Å². The number of guanidine groups is 1. The molecular weight excluding hydrogens is 401 g/mol. The third-order valence-corrected chi connectivity index (χ3v) is 2.57. The first-order chi connectivity index (χ1) is 10.2. The van der Waals surface area contributed by atoms with Gasteiger partial charge in [0.25, 0.3) is 0 Å². The molecule has 22 heavy (non-hydrogen) atoms. The molecule has 0 atom stereocenters. The minimum atomic E-state index is -0.157. The fourth-order valence-electron chi connectivity index (χ4n) is 1.52. The van der Waals surface area contributed by atoms with E-state index in [2.05, 4.69) is 15.6 Å². The van der Waals surface area contributed by atoms with Crippen molar-refractivity contribution in [2.75, 3.05) is 53.7 Å². The highest BCUT2D eigenvalue weighted by molar-refractivity contribution is 14.0. The van der Waals surface area contributed by atoms with Gasteiger partial charge in [0.2, 0.25) is 0 Å². The molecule has 132 valence electrons. The molecule has 0 unspecified atom stereocenters. The monoisotopic (exact) mass is 431 g/mol. The third kappa shape index (κ3) is 15.8. The van der Waals surface area contributed by atoms with Crippen molar-refractivity contribution in [3.63, 3.8) is 0 Å². The lowest BCUT2D eigenvalue weighted by atomic mass is 10.3. The van der Waals surface area contributed by atoms with E-state index in [1.165, 1.54) is 0 Å². The van der Waals surface area contributed by atoms with Crippen LogP contribution < -0.4 is 10.6 Å². The lowest BCUT2D eigenvalue weighted by molar-refractivity contribution is -0.143. The van der Waals surface area contributed by atoms with Crippen molar-refractivity contribution in [2.24, 2.45) is 4.99 Å². The number of halogens is 1. The fourth-order valence-corrected chi connectivity index (χ4v) is 1.52. The van der Waals surface area contributed by atoms with Gasteiger partial charge in [0.15, 0.2) is 5.96 Å². The molecule has 0 aliphatic heterocycles. The highest BCUT2D eigenvalue weighted by Gasteiger charge is 2.01. The van der Waals surface area contributed by atoms with E-state index < -0.39 is 0 Å². The Balaban J connectivity index is 0. The summed E-state index contributed by atoms with van der Waals surface area (Å²) in [5, 5.41) is 6.33. The van der Waals surface area contributed by atoms with Crippen LogP contribution in [0.2, 0.25) is 0 Å². The van der Waals surface area contributed by atoms with E-state index in [0.717, 1.165) is 25.3 Å². The van der Waals surface area contributed by atoms with Crippen LogP contribution in [0, 0.1) is 0 Å². The number of carbonyl (C=O) groups is 1. The summed E-state index contributed by atoms with van der Waals surface area (Å²) in [4.78, 5) is 15.3. The van der Waals surface area contributed by atoms with E-state index in [1.807, 2.05) is 0 Å². The van der Waals surface area contributed by atoms with Gasteiger partial charge < -0.3 is 24.8 Å². The Labute approximate surface area is 150 Å². The second-order valence-electron chi connectivity index (χ2n) is 4.29. The highest BCUT2D eigenvalue weighted by atomic mass is 127. The molecular formula is C14H30IN3O4. The molecule has 0 aliphatic carbocycles. The minimum absolute atomic E-state index is 0. The molecule has 0 saturated heterocycles. The highest BCUT2D eigenvalue weighted by Crippen LogP contribution is 1.91. The van der Waals surface area contributed by atoms with Crippen LogP contribution in [0.5, 0.6) is 0 Å². The Morgan fingerprint density at radius 1 is 1.09 bits per heavy atom.